The number of hydrazone groups is 1. The Morgan fingerprint density at radius 3 is 2.52 bits per heavy atom. The van der Waals surface area contributed by atoms with Crippen molar-refractivity contribution < 1.29 is 27.5 Å². The third-order valence-corrected chi connectivity index (χ3v) is 4.41. The molecule has 0 atom stereocenters. The number of ether oxygens (including phenoxy) is 1. The van der Waals surface area contributed by atoms with E-state index >= 15 is 0 Å². The molecule has 164 valence electrons. The Balaban J connectivity index is 1.97. The van der Waals surface area contributed by atoms with E-state index in [2.05, 4.69) is 36.5 Å². The maximum Gasteiger partial charge on any atom is 0.573 e. The molecule has 0 bridgehead atoms. The number of aromatic nitrogens is 1. The van der Waals surface area contributed by atoms with Crippen LogP contribution in [0.15, 0.2) is 35.6 Å². The van der Waals surface area contributed by atoms with Crippen molar-refractivity contribution in [2.45, 2.75) is 6.36 Å². The number of hydrazine groups is 2. The van der Waals surface area contributed by atoms with Crippen molar-refractivity contribution in [1.82, 2.24) is 26.4 Å². The van der Waals surface area contributed by atoms with Gasteiger partial charge in [-0.25, -0.2) is 10.5 Å². The number of pyridine rings is 1. The number of hydrogen-bond acceptors (Lipinski definition) is 8. The second kappa shape index (κ2) is 8.83. The zero-order chi connectivity index (χ0) is 22.8. The minimum Gasteiger partial charge on any atom is -0.404 e. The van der Waals surface area contributed by atoms with Gasteiger partial charge in [0, 0.05) is 13.2 Å². The van der Waals surface area contributed by atoms with Crippen LogP contribution < -0.4 is 26.4 Å². The van der Waals surface area contributed by atoms with Crippen molar-refractivity contribution in [2.24, 2.45) is 5.10 Å². The summed E-state index contributed by atoms with van der Waals surface area (Å²) in [7, 11) is 1.53. The Hall–Kier alpha value is -3.29. The molecule has 3 rings (SSSR count). The van der Waals surface area contributed by atoms with Crippen molar-refractivity contribution in [3.8, 4) is 5.75 Å². The summed E-state index contributed by atoms with van der Waals surface area (Å²) in [6.45, 7) is 0. The van der Waals surface area contributed by atoms with Crippen LogP contribution in [0.2, 0.25) is 10.0 Å². The number of hydrogen-bond donors (Lipinski definition) is 4. The van der Waals surface area contributed by atoms with E-state index in [-0.39, 0.29) is 22.2 Å². The smallest absolute Gasteiger partial charge is 0.404 e. The molecule has 1 aromatic heterocycles. The summed E-state index contributed by atoms with van der Waals surface area (Å²) in [6.07, 6.45) is -3.83. The van der Waals surface area contributed by atoms with Gasteiger partial charge in [0.1, 0.15) is 11.4 Å². The lowest BCUT2D eigenvalue weighted by atomic mass is 10.1. The quantitative estimate of drug-likeness (QED) is 0.533. The predicted octanol–water partition coefficient (Wildman–Crippen LogP) is 2.49. The molecule has 0 radical (unpaired) electrons. The fourth-order valence-electron chi connectivity index (χ4n) is 2.35. The number of amides is 2. The molecule has 0 spiro atoms. The van der Waals surface area contributed by atoms with Crippen LogP contribution in [0.25, 0.3) is 0 Å². The zero-order valence-electron chi connectivity index (χ0n) is 15.3. The van der Waals surface area contributed by atoms with Gasteiger partial charge in [0.25, 0.3) is 11.8 Å². The number of benzene rings is 1. The van der Waals surface area contributed by atoms with Crippen LogP contribution in [-0.2, 0) is 0 Å². The number of carbonyl (C=O) groups is 2. The molecular formula is C16H12Cl2F3N7O3. The SMILES string of the molecule is CN1NNN=C1NC(=O)c1ccc(OC(F)(F)F)c(NC(=O)c2ncccc2Cl)c1Cl. The number of carbonyl (C=O) groups excluding carboxylic acids is 2. The van der Waals surface area contributed by atoms with Crippen molar-refractivity contribution in [2.75, 3.05) is 12.4 Å². The highest BCUT2D eigenvalue weighted by Gasteiger charge is 2.34. The normalized spacial score (nSPS) is 13.4. The van der Waals surface area contributed by atoms with Gasteiger partial charge in [-0.1, -0.05) is 23.2 Å². The highest BCUT2D eigenvalue weighted by molar-refractivity contribution is 6.38. The lowest BCUT2D eigenvalue weighted by Gasteiger charge is -2.18. The third kappa shape index (κ3) is 5.25. The Labute approximate surface area is 182 Å². The third-order valence-electron chi connectivity index (χ3n) is 3.71. The molecule has 2 amide bonds. The summed E-state index contributed by atoms with van der Waals surface area (Å²) in [4.78, 5) is 28.8. The number of rotatable bonds is 4. The Morgan fingerprint density at radius 2 is 1.90 bits per heavy atom. The summed E-state index contributed by atoms with van der Waals surface area (Å²) in [6, 6.07) is 4.66. The van der Waals surface area contributed by atoms with E-state index in [4.69, 9.17) is 23.2 Å². The van der Waals surface area contributed by atoms with Crippen LogP contribution >= 0.6 is 23.2 Å². The second-order valence-electron chi connectivity index (χ2n) is 5.81. The number of nitrogens with zero attached hydrogens (tertiary/aromatic N) is 3. The van der Waals surface area contributed by atoms with Crippen molar-refractivity contribution in [3.63, 3.8) is 0 Å². The average Bonchev–Trinajstić information content (AvgIpc) is 3.08. The van der Waals surface area contributed by atoms with Crippen LogP contribution in [0.3, 0.4) is 0 Å². The van der Waals surface area contributed by atoms with E-state index < -0.39 is 34.6 Å². The molecule has 4 N–H and O–H groups in total. The molecule has 0 aliphatic carbocycles. The number of alkyl halides is 3. The van der Waals surface area contributed by atoms with Gasteiger partial charge >= 0.3 is 6.36 Å². The first-order chi connectivity index (χ1) is 14.6. The fraction of sp³-hybridized carbons (Fsp3) is 0.125. The first kappa shape index (κ1) is 22.4. The number of nitrogens with one attached hydrogen (secondary N) is 4. The molecule has 0 saturated heterocycles. The van der Waals surface area contributed by atoms with E-state index in [1.54, 1.807) is 0 Å². The molecule has 0 unspecified atom stereocenters. The van der Waals surface area contributed by atoms with Crippen LogP contribution in [0.1, 0.15) is 20.8 Å². The molecule has 0 fully saturated rings. The second-order valence-corrected chi connectivity index (χ2v) is 6.59. The molecule has 10 nitrogen and oxygen atoms in total. The van der Waals surface area contributed by atoms with Gasteiger partial charge in [-0.3, -0.25) is 19.9 Å². The van der Waals surface area contributed by atoms with Crippen LogP contribution in [0.4, 0.5) is 18.9 Å². The average molecular weight is 478 g/mol. The molecule has 15 heteroatoms. The van der Waals surface area contributed by atoms with Crippen molar-refractivity contribution >= 4 is 46.7 Å². The van der Waals surface area contributed by atoms with Gasteiger partial charge in [-0.15, -0.1) is 23.8 Å². The largest absolute Gasteiger partial charge is 0.573 e. The molecule has 1 aromatic carbocycles. The number of guanidine groups is 1. The van der Waals surface area contributed by atoms with E-state index in [1.807, 2.05) is 0 Å². The molecule has 1 aliphatic rings. The lowest BCUT2D eigenvalue weighted by molar-refractivity contribution is -0.274. The van der Waals surface area contributed by atoms with Crippen molar-refractivity contribution in [1.29, 1.82) is 0 Å². The van der Waals surface area contributed by atoms with Gasteiger partial charge in [-0.2, -0.15) is 0 Å². The molecule has 2 heterocycles. The summed E-state index contributed by atoms with van der Waals surface area (Å²) in [5.41, 5.74) is 3.80. The zero-order valence-corrected chi connectivity index (χ0v) is 16.9. The summed E-state index contributed by atoms with van der Waals surface area (Å²) >= 11 is 12.1. The first-order valence-electron chi connectivity index (χ1n) is 8.20. The first-order valence-corrected chi connectivity index (χ1v) is 8.96. The molecular weight excluding hydrogens is 466 g/mol. The van der Waals surface area contributed by atoms with Crippen LogP contribution in [0, 0.1) is 0 Å². The van der Waals surface area contributed by atoms with Gasteiger partial charge < -0.3 is 10.1 Å². The summed E-state index contributed by atoms with van der Waals surface area (Å²) in [5.74, 6) is -2.56. The maximum absolute atomic E-state index is 12.8. The number of halogens is 5. The van der Waals surface area contributed by atoms with E-state index in [0.717, 1.165) is 12.1 Å². The highest BCUT2D eigenvalue weighted by atomic mass is 35.5. The fourth-order valence-corrected chi connectivity index (χ4v) is 2.84. The number of anilines is 1. The van der Waals surface area contributed by atoms with E-state index in [9.17, 15) is 22.8 Å². The molecule has 2 aromatic rings. The predicted molar refractivity (Wildman–Crippen MR) is 104 cm³/mol. The van der Waals surface area contributed by atoms with Crippen LogP contribution in [-0.4, -0.2) is 41.2 Å². The maximum atomic E-state index is 12.8. The topological polar surface area (TPSA) is 120 Å². The summed E-state index contributed by atoms with van der Waals surface area (Å²) in [5, 5.41) is 9.06. The van der Waals surface area contributed by atoms with Gasteiger partial charge in [0.05, 0.1) is 15.6 Å². The van der Waals surface area contributed by atoms with Crippen molar-refractivity contribution in [3.05, 3.63) is 51.8 Å². The Morgan fingerprint density at radius 1 is 1.16 bits per heavy atom. The molecule has 1 aliphatic heterocycles. The van der Waals surface area contributed by atoms with E-state index in [1.165, 1.54) is 30.4 Å². The molecule has 0 saturated carbocycles. The lowest BCUT2D eigenvalue weighted by Crippen LogP contribution is -2.45. The minimum absolute atomic E-state index is 0.0504. The van der Waals surface area contributed by atoms with Gasteiger partial charge in [-0.05, 0) is 24.3 Å². The monoisotopic (exact) mass is 477 g/mol. The highest BCUT2D eigenvalue weighted by Crippen LogP contribution is 2.38. The minimum atomic E-state index is -5.09. The van der Waals surface area contributed by atoms with Crippen LogP contribution in [0.5, 0.6) is 5.75 Å². The summed E-state index contributed by atoms with van der Waals surface area (Å²) < 4.78 is 42.4. The standard InChI is InChI=1S/C16H12Cl2F3N7O3/c1-28-15(25-26-27-28)24-13(29)7-4-5-9(31-16(19,20)21)12(10(7)18)23-14(30)11-8(17)3-2-6-22-11/h2-6,26-27H,1H3,(H,23,30)(H,24,25,29). The van der Waals surface area contributed by atoms with Gasteiger partial charge in [0.2, 0.25) is 5.96 Å². The van der Waals surface area contributed by atoms with Gasteiger partial charge in [0.15, 0.2) is 5.75 Å². The Kier molecular flexibility index (Phi) is 6.38. The Bertz CT molecular complexity index is 1070. The molecule has 31 heavy (non-hydrogen) atoms. The van der Waals surface area contributed by atoms with E-state index in [0.29, 0.717) is 0 Å².